The van der Waals surface area contributed by atoms with Crippen molar-refractivity contribution in [3.05, 3.63) is 60.4 Å². The summed E-state index contributed by atoms with van der Waals surface area (Å²) < 4.78 is 40.5. The summed E-state index contributed by atoms with van der Waals surface area (Å²) in [7, 11) is -3.52. The van der Waals surface area contributed by atoms with Crippen molar-refractivity contribution in [3.8, 4) is 0 Å². The number of rotatable bonds is 5. The van der Waals surface area contributed by atoms with E-state index in [-0.39, 0.29) is 16.5 Å². The van der Waals surface area contributed by atoms with Gasteiger partial charge < -0.3 is 10.2 Å². The monoisotopic (exact) mass is 392 g/mol. The van der Waals surface area contributed by atoms with Gasteiger partial charge in [-0.3, -0.25) is 4.79 Å². The number of benzene rings is 2. The Kier molecular flexibility index (Phi) is 5.88. The summed E-state index contributed by atoms with van der Waals surface area (Å²) in [5.74, 6) is -0.763. The Morgan fingerprint density at radius 3 is 2.30 bits per heavy atom. The number of carbonyl (C=O) groups is 1. The number of quaternary nitrogens is 1. The Morgan fingerprint density at radius 1 is 1.07 bits per heavy atom. The average molecular weight is 392 g/mol. The molecule has 144 valence electrons. The first-order valence-electron chi connectivity index (χ1n) is 8.85. The topological polar surface area (TPSA) is 70.9 Å². The molecule has 2 aromatic rings. The molecule has 1 heterocycles. The zero-order valence-electron chi connectivity index (χ0n) is 15.1. The van der Waals surface area contributed by atoms with Crippen molar-refractivity contribution >= 4 is 21.6 Å². The molecule has 0 aromatic heterocycles. The normalized spacial score (nSPS) is 17.4. The van der Waals surface area contributed by atoms with E-state index >= 15 is 0 Å². The standard InChI is InChI=1S/C19H22FN3O3S/c1-15(19(24)21-18-10-6-5-9-17(18)20)22-11-13-23(14-12-22)27(25,26)16-7-3-2-4-8-16/h2-10,15H,11-14H2,1H3,(H,21,24)/p+1/t15-/m0/s1. The third-order valence-electron chi connectivity index (χ3n) is 4.88. The van der Waals surface area contributed by atoms with Crippen LogP contribution >= 0.6 is 0 Å². The molecule has 2 N–H and O–H groups in total. The van der Waals surface area contributed by atoms with E-state index in [0.29, 0.717) is 26.2 Å². The molecular formula is C19H23FN3O3S+. The fourth-order valence-corrected chi connectivity index (χ4v) is 4.64. The van der Waals surface area contributed by atoms with Crippen molar-refractivity contribution in [1.29, 1.82) is 0 Å². The van der Waals surface area contributed by atoms with E-state index in [1.165, 1.54) is 16.4 Å². The molecule has 0 spiro atoms. The number of carbonyl (C=O) groups excluding carboxylic acids is 1. The number of sulfonamides is 1. The van der Waals surface area contributed by atoms with Crippen LogP contribution in [0.3, 0.4) is 0 Å². The molecule has 1 amide bonds. The molecule has 1 aliphatic heterocycles. The fourth-order valence-electron chi connectivity index (χ4n) is 3.18. The van der Waals surface area contributed by atoms with Gasteiger partial charge >= 0.3 is 0 Å². The first-order chi connectivity index (χ1) is 12.9. The van der Waals surface area contributed by atoms with Gasteiger partial charge in [0.05, 0.1) is 36.8 Å². The third kappa shape index (κ3) is 4.35. The second kappa shape index (κ2) is 8.16. The van der Waals surface area contributed by atoms with Gasteiger partial charge in [0.25, 0.3) is 5.91 Å². The second-order valence-electron chi connectivity index (χ2n) is 6.57. The lowest BCUT2D eigenvalue weighted by Gasteiger charge is -2.34. The fraction of sp³-hybridized carbons (Fsp3) is 0.316. The first-order valence-corrected chi connectivity index (χ1v) is 10.3. The summed E-state index contributed by atoms with van der Waals surface area (Å²) in [6, 6.07) is 13.9. The Morgan fingerprint density at radius 2 is 1.67 bits per heavy atom. The summed E-state index contributed by atoms with van der Waals surface area (Å²) in [6.07, 6.45) is 0. The van der Waals surface area contributed by atoms with E-state index in [1.54, 1.807) is 49.4 Å². The number of hydrogen-bond donors (Lipinski definition) is 2. The third-order valence-corrected chi connectivity index (χ3v) is 6.80. The molecular weight excluding hydrogens is 369 g/mol. The molecule has 0 saturated carbocycles. The maximum absolute atomic E-state index is 13.7. The molecule has 27 heavy (non-hydrogen) atoms. The minimum absolute atomic E-state index is 0.152. The van der Waals surface area contributed by atoms with Gasteiger partial charge in [0.1, 0.15) is 5.82 Å². The molecule has 0 bridgehead atoms. The summed E-state index contributed by atoms with van der Waals surface area (Å²) in [4.78, 5) is 13.7. The minimum atomic E-state index is -3.52. The molecule has 1 aliphatic rings. The summed E-state index contributed by atoms with van der Waals surface area (Å²) in [5, 5.41) is 2.61. The average Bonchev–Trinajstić information content (AvgIpc) is 2.70. The van der Waals surface area contributed by atoms with Crippen LogP contribution in [0.25, 0.3) is 0 Å². The molecule has 1 atom stereocenters. The van der Waals surface area contributed by atoms with E-state index in [1.807, 2.05) is 0 Å². The van der Waals surface area contributed by atoms with Gasteiger partial charge in [0, 0.05) is 0 Å². The van der Waals surface area contributed by atoms with Crippen LogP contribution in [0, 0.1) is 5.82 Å². The van der Waals surface area contributed by atoms with Crippen molar-refractivity contribution in [2.24, 2.45) is 0 Å². The highest BCUT2D eigenvalue weighted by Gasteiger charge is 2.34. The van der Waals surface area contributed by atoms with E-state index in [0.717, 1.165) is 4.90 Å². The number of amides is 1. The molecule has 0 unspecified atom stereocenters. The number of nitrogens with one attached hydrogen (secondary N) is 2. The molecule has 0 aliphatic carbocycles. The van der Waals surface area contributed by atoms with Crippen molar-refractivity contribution < 1.29 is 22.5 Å². The highest BCUT2D eigenvalue weighted by molar-refractivity contribution is 7.89. The van der Waals surface area contributed by atoms with Crippen molar-refractivity contribution in [2.45, 2.75) is 17.9 Å². The van der Waals surface area contributed by atoms with Crippen LogP contribution in [-0.2, 0) is 14.8 Å². The van der Waals surface area contributed by atoms with E-state index < -0.39 is 21.9 Å². The van der Waals surface area contributed by atoms with Crippen LogP contribution in [0.1, 0.15) is 6.92 Å². The van der Waals surface area contributed by atoms with E-state index in [9.17, 15) is 17.6 Å². The highest BCUT2D eigenvalue weighted by atomic mass is 32.2. The van der Waals surface area contributed by atoms with Gasteiger partial charge in [-0.05, 0) is 31.2 Å². The SMILES string of the molecule is C[C@@H](C(=O)Nc1ccccc1F)[NH+]1CCN(S(=O)(=O)c2ccccc2)CC1. The highest BCUT2D eigenvalue weighted by Crippen LogP contribution is 2.15. The zero-order valence-corrected chi connectivity index (χ0v) is 15.9. The molecule has 3 rings (SSSR count). The largest absolute Gasteiger partial charge is 0.323 e. The van der Waals surface area contributed by atoms with Crippen LogP contribution in [0.4, 0.5) is 10.1 Å². The van der Waals surface area contributed by atoms with E-state index in [2.05, 4.69) is 5.32 Å². The van der Waals surface area contributed by atoms with Gasteiger partial charge in [-0.2, -0.15) is 4.31 Å². The summed E-state index contributed by atoms with van der Waals surface area (Å²) >= 11 is 0. The number of anilines is 1. The van der Waals surface area contributed by atoms with Crippen LogP contribution < -0.4 is 10.2 Å². The van der Waals surface area contributed by atoms with Crippen LogP contribution in [0.5, 0.6) is 0 Å². The number of piperazine rings is 1. The molecule has 6 nitrogen and oxygen atoms in total. The Bertz CT molecular complexity index is 897. The van der Waals surface area contributed by atoms with E-state index in [4.69, 9.17) is 0 Å². The molecule has 2 aromatic carbocycles. The van der Waals surface area contributed by atoms with Crippen LogP contribution in [0.15, 0.2) is 59.5 Å². The van der Waals surface area contributed by atoms with Gasteiger partial charge in [-0.25, -0.2) is 12.8 Å². The molecule has 8 heteroatoms. The smallest absolute Gasteiger partial charge is 0.282 e. The first kappa shape index (κ1) is 19.5. The van der Waals surface area contributed by atoms with Crippen LogP contribution in [0.2, 0.25) is 0 Å². The predicted octanol–water partition coefficient (Wildman–Crippen LogP) is 0.742. The Hall–Kier alpha value is -2.29. The maximum Gasteiger partial charge on any atom is 0.282 e. The zero-order chi connectivity index (χ0) is 19.4. The Balaban J connectivity index is 1.60. The van der Waals surface area contributed by atoms with Gasteiger partial charge in [-0.15, -0.1) is 0 Å². The van der Waals surface area contributed by atoms with Crippen molar-refractivity contribution in [1.82, 2.24) is 4.31 Å². The summed E-state index contributed by atoms with van der Waals surface area (Å²) in [5.41, 5.74) is 0.152. The van der Waals surface area contributed by atoms with Gasteiger partial charge in [0.15, 0.2) is 6.04 Å². The molecule has 0 radical (unpaired) electrons. The minimum Gasteiger partial charge on any atom is -0.323 e. The molecule has 1 saturated heterocycles. The second-order valence-corrected chi connectivity index (χ2v) is 8.50. The van der Waals surface area contributed by atoms with Crippen molar-refractivity contribution in [2.75, 3.05) is 31.5 Å². The lowest BCUT2D eigenvalue weighted by Crippen LogP contribution is -3.19. The lowest BCUT2D eigenvalue weighted by molar-refractivity contribution is -0.917. The molecule has 1 fully saturated rings. The van der Waals surface area contributed by atoms with Crippen LogP contribution in [-0.4, -0.2) is 50.9 Å². The summed E-state index contributed by atoms with van der Waals surface area (Å²) in [6.45, 7) is 3.47. The van der Waals surface area contributed by atoms with Gasteiger partial charge in [0.2, 0.25) is 10.0 Å². The predicted molar refractivity (Wildman–Crippen MR) is 100 cm³/mol. The number of hydrogen-bond acceptors (Lipinski definition) is 3. The number of nitrogens with zero attached hydrogens (tertiary/aromatic N) is 1. The number of para-hydroxylation sites is 1. The Labute approximate surface area is 158 Å². The maximum atomic E-state index is 13.7. The quantitative estimate of drug-likeness (QED) is 0.789. The van der Waals surface area contributed by atoms with Gasteiger partial charge in [-0.1, -0.05) is 30.3 Å². The van der Waals surface area contributed by atoms with Crippen molar-refractivity contribution in [3.63, 3.8) is 0 Å². The lowest BCUT2D eigenvalue weighted by atomic mass is 10.2. The number of halogens is 1.